The third-order valence-corrected chi connectivity index (χ3v) is 2.56. The fourth-order valence-electron chi connectivity index (χ4n) is 1.54. The first-order chi connectivity index (χ1) is 8.04. The van der Waals surface area contributed by atoms with Crippen LogP contribution in [0.5, 0.6) is 0 Å². The van der Waals surface area contributed by atoms with E-state index in [-0.39, 0.29) is 18.8 Å². The van der Waals surface area contributed by atoms with Gasteiger partial charge in [-0.2, -0.15) is 10.1 Å². The van der Waals surface area contributed by atoms with Gasteiger partial charge >= 0.3 is 5.69 Å². The summed E-state index contributed by atoms with van der Waals surface area (Å²) in [4.78, 5) is 15.3. The number of fused-ring (bicyclic) bond motifs is 1. The zero-order valence-corrected chi connectivity index (χ0v) is 9.21. The van der Waals surface area contributed by atoms with Gasteiger partial charge in [0.05, 0.1) is 18.4 Å². The van der Waals surface area contributed by atoms with Crippen molar-refractivity contribution in [2.24, 2.45) is 7.05 Å². The van der Waals surface area contributed by atoms with E-state index in [1.807, 2.05) is 0 Å². The number of aromatic amines is 1. The zero-order chi connectivity index (χ0) is 12.6. The van der Waals surface area contributed by atoms with Gasteiger partial charge in [0, 0.05) is 13.5 Å². The van der Waals surface area contributed by atoms with Crippen LogP contribution in [0.15, 0.2) is 4.79 Å². The Labute approximate surface area is 95.7 Å². The van der Waals surface area contributed by atoms with E-state index in [4.69, 9.17) is 10.8 Å². The summed E-state index contributed by atoms with van der Waals surface area (Å²) < 4.78 is 1.20. The van der Waals surface area contributed by atoms with Crippen molar-refractivity contribution in [2.75, 3.05) is 12.3 Å². The summed E-state index contributed by atoms with van der Waals surface area (Å²) in [6.45, 7) is -0.380. The third kappa shape index (κ3) is 1.87. The molecule has 92 valence electrons. The Morgan fingerprint density at radius 2 is 2.29 bits per heavy atom. The van der Waals surface area contributed by atoms with Gasteiger partial charge in [-0.3, -0.25) is 9.67 Å². The van der Waals surface area contributed by atoms with Crippen LogP contribution in [-0.4, -0.2) is 42.7 Å². The second kappa shape index (κ2) is 4.15. The molecule has 1 unspecified atom stereocenters. The normalized spacial score (nSPS) is 13.1. The smallest absolute Gasteiger partial charge is 0.349 e. The van der Waals surface area contributed by atoms with E-state index in [2.05, 4.69) is 15.2 Å². The molecule has 0 aliphatic rings. The van der Waals surface area contributed by atoms with E-state index in [0.717, 1.165) is 0 Å². The first-order valence-corrected chi connectivity index (χ1v) is 5.03. The van der Waals surface area contributed by atoms with E-state index in [9.17, 15) is 9.90 Å². The van der Waals surface area contributed by atoms with Crippen molar-refractivity contribution in [1.29, 1.82) is 0 Å². The molecule has 0 aromatic carbocycles. The third-order valence-electron chi connectivity index (χ3n) is 2.56. The maximum absolute atomic E-state index is 11.5. The van der Waals surface area contributed by atoms with Gasteiger partial charge in [0.15, 0.2) is 0 Å². The molecule has 8 heteroatoms. The average Bonchev–Trinajstić information content (AvgIpc) is 2.69. The number of nitrogens with two attached hydrogens (primary N) is 1. The summed E-state index contributed by atoms with van der Waals surface area (Å²) in [5.41, 5.74) is 6.44. The molecule has 5 N–H and O–H groups in total. The van der Waals surface area contributed by atoms with Gasteiger partial charge in [-0.05, 0) is 0 Å². The van der Waals surface area contributed by atoms with Crippen molar-refractivity contribution < 1.29 is 10.2 Å². The summed E-state index contributed by atoms with van der Waals surface area (Å²) in [5.74, 6) is 0.234. The lowest BCUT2D eigenvalue weighted by atomic mass is 10.2. The Kier molecular flexibility index (Phi) is 2.82. The zero-order valence-electron chi connectivity index (χ0n) is 9.21. The highest BCUT2D eigenvalue weighted by atomic mass is 16.3. The highest BCUT2D eigenvalue weighted by molar-refractivity contribution is 5.85. The molecule has 2 rings (SSSR count). The molecule has 2 aromatic rings. The number of hydrogen-bond acceptors (Lipinski definition) is 6. The number of anilines is 1. The molecule has 0 aliphatic heterocycles. The average molecular weight is 239 g/mol. The van der Waals surface area contributed by atoms with Gasteiger partial charge in [0.25, 0.3) is 0 Å². The van der Waals surface area contributed by atoms with Crippen LogP contribution in [0.25, 0.3) is 11.0 Å². The Hall–Kier alpha value is -1.93. The van der Waals surface area contributed by atoms with E-state index in [1.165, 1.54) is 11.6 Å². The predicted molar refractivity (Wildman–Crippen MR) is 60.3 cm³/mol. The topological polar surface area (TPSA) is 130 Å². The number of rotatable bonds is 3. The number of H-pyrrole nitrogens is 1. The molecular weight excluding hydrogens is 226 g/mol. The Balaban J connectivity index is 2.58. The van der Waals surface area contributed by atoms with Gasteiger partial charge in [-0.25, -0.2) is 4.79 Å². The monoisotopic (exact) mass is 239 g/mol. The molecule has 0 aliphatic carbocycles. The van der Waals surface area contributed by atoms with Crippen molar-refractivity contribution in [2.45, 2.75) is 12.5 Å². The van der Waals surface area contributed by atoms with E-state index in [1.54, 1.807) is 0 Å². The number of nitrogens with one attached hydrogen (secondary N) is 1. The highest BCUT2D eigenvalue weighted by Gasteiger charge is 2.15. The maximum atomic E-state index is 11.5. The van der Waals surface area contributed by atoms with Crippen molar-refractivity contribution in [3.63, 3.8) is 0 Å². The first-order valence-electron chi connectivity index (χ1n) is 5.03. The number of aromatic nitrogens is 4. The van der Waals surface area contributed by atoms with Crippen molar-refractivity contribution >= 4 is 16.9 Å². The lowest BCUT2D eigenvalue weighted by Gasteiger charge is -2.05. The minimum absolute atomic E-state index is 0.107. The highest BCUT2D eigenvalue weighted by Crippen LogP contribution is 2.17. The molecule has 17 heavy (non-hydrogen) atoms. The summed E-state index contributed by atoms with van der Waals surface area (Å²) in [6.07, 6.45) is -0.829. The number of hydrogen-bond donors (Lipinski definition) is 4. The van der Waals surface area contributed by atoms with Gasteiger partial charge in [0.2, 0.25) is 0 Å². The van der Waals surface area contributed by atoms with Crippen molar-refractivity contribution in [3.8, 4) is 0 Å². The molecule has 0 bridgehead atoms. The number of nitrogens with zero attached hydrogens (tertiary/aromatic N) is 3. The predicted octanol–water partition coefficient (Wildman–Crippen LogP) is -1.87. The van der Waals surface area contributed by atoms with E-state index >= 15 is 0 Å². The number of aliphatic hydroxyl groups is 2. The van der Waals surface area contributed by atoms with Gasteiger partial charge in [-0.1, -0.05) is 0 Å². The summed E-state index contributed by atoms with van der Waals surface area (Å²) in [6, 6.07) is 0. The van der Waals surface area contributed by atoms with Crippen LogP contribution < -0.4 is 11.4 Å². The fraction of sp³-hybridized carbons (Fsp3) is 0.444. The minimum atomic E-state index is -0.936. The van der Waals surface area contributed by atoms with Crippen LogP contribution in [0.2, 0.25) is 0 Å². The SMILES string of the molecule is Cn1c(N)c2[nH]nc(CC(O)CO)c2nc1=O. The quantitative estimate of drug-likeness (QED) is 0.496. The molecular formula is C9H13N5O3. The Bertz CT molecular complexity index is 602. The largest absolute Gasteiger partial charge is 0.394 e. The van der Waals surface area contributed by atoms with Crippen LogP contribution in [0.3, 0.4) is 0 Å². The second-order valence-corrected chi connectivity index (χ2v) is 3.77. The summed E-state index contributed by atoms with van der Waals surface area (Å²) in [5, 5.41) is 24.7. The fourth-order valence-corrected chi connectivity index (χ4v) is 1.54. The van der Waals surface area contributed by atoms with Gasteiger partial charge in [0.1, 0.15) is 16.9 Å². The van der Waals surface area contributed by atoms with Crippen LogP contribution in [0, 0.1) is 0 Å². The summed E-state index contributed by atoms with van der Waals surface area (Å²) >= 11 is 0. The van der Waals surface area contributed by atoms with Crippen LogP contribution >= 0.6 is 0 Å². The molecule has 0 spiro atoms. The standard InChI is InChI=1S/C9H13N5O3/c1-14-8(10)7-6(11-9(14)17)5(12-13-7)2-4(16)3-15/h4,13,15-16H,2-3,10H2,1H3. The molecule has 0 saturated heterocycles. The molecule has 0 amide bonds. The Morgan fingerprint density at radius 1 is 1.59 bits per heavy atom. The molecule has 8 nitrogen and oxygen atoms in total. The summed E-state index contributed by atoms with van der Waals surface area (Å²) in [7, 11) is 1.51. The minimum Gasteiger partial charge on any atom is -0.394 e. The van der Waals surface area contributed by atoms with E-state index < -0.39 is 11.8 Å². The van der Waals surface area contributed by atoms with Crippen LogP contribution in [-0.2, 0) is 13.5 Å². The Morgan fingerprint density at radius 3 is 2.94 bits per heavy atom. The molecule has 2 heterocycles. The maximum Gasteiger partial charge on any atom is 0.349 e. The van der Waals surface area contributed by atoms with Gasteiger partial charge < -0.3 is 15.9 Å². The molecule has 0 radical (unpaired) electrons. The van der Waals surface area contributed by atoms with Crippen LogP contribution in [0.1, 0.15) is 5.69 Å². The van der Waals surface area contributed by atoms with Crippen molar-refractivity contribution in [1.82, 2.24) is 19.7 Å². The number of aliphatic hydroxyl groups excluding tert-OH is 2. The van der Waals surface area contributed by atoms with E-state index in [0.29, 0.717) is 16.7 Å². The number of nitrogen functional groups attached to an aromatic ring is 1. The van der Waals surface area contributed by atoms with Gasteiger partial charge in [-0.15, -0.1) is 0 Å². The molecule has 0 fully saturated rings. The first kappa shape index (κ1) is 11.6. The molecule has 0 saturated carbocycles. The molecule has 2 aromatic heterocycles. The molecule has 1 atom stereocenters. The van der Waals surface area contributed by atoms with Crippen molar-refractivity contribution in [3.05, 3.63) is 16.2 Å². The lowest BCUT2D eigenvalue weighted by Crippen LogP contribution is -2.23. The lowest BCUT2D eigenvalue weighted by molar-refractivity contribution is 0.0949. The van der Waals surface area contributed by atoms with Crippen LogP contribution in [0.4, 0.5) is 5.82 Å². The second-order valence-electron chi connectivity index (χ2n) is 3.77.